The smallest absolute Gasteiger partial charge is 0.0130 e. The average Bonchev–Trinajstić information content (AvgIpc) is 2.82. The van der Waals surface area contributed by atoms with Crippen LogP contribution in [0.2, 0.25) is 0 Å². The molecule has 1 aromatic rings. The molecule has 1 aliphatic rings. The molecule has 0 saturated heterocycles. The lowest BCUT2D eigenvalue weighted by Crippen LogP contribution is -2.16. The molecular weight excluding hydrogens is 375 g/mol. The summed E-state index contributed by atoms with van der Waals surface area (Å²) in [4.78, 5) is 0. The molecule has 0 aliphatic heterocycles. The van der Waals surface area contributed by atoms with E-state index in [0.717, 1.165) is 17.2 Å². The van der Waals surface area contributed by atoms with Crippen LogP contribution in [-0.2, 0) is 6.42 Å². The van der Waals surface area contributed by atoms with Gasteiger partial charge < -0.3 is 0 Å². The maximum absolute atomic E-state index is 3.70. The second-order valence-corrected chi connectivity index (χ2v) is 6.68. The summed E-state index contributed by atoms with van der Waals surface area (Å²) in [5.41, 5.74) is 1.50. The molecule has 0 heterocycles. The van der Waals surface area contributed by atoms with Gasteiger partial charge in [0, 0.05) is 8.90 Å². The van der Waals surface area contributed by atoms with Crippen molar-refractivity contribution in [2.24, 2.45) is 11.8 Å². The molecule has 0 radical (unpaired) electrons. The normalized spacial score (nSPS) is 18.9. The summed E-state index contributed by atoms with van der Waals surface area (Å²) in [6.07, 6.45) is 7.02. The largest absolute Gasteiger partial charge is 0.0925 e. The Hall–Kier alpha value is 0.430. The molecule has 0 spiro atoms. The van der Waals surface area contributed by atoms with Crippen LogP contribution in [0.5, 0.6) is 0 Å². The molecular formula is C14H18BrI. The highest BCUT2D eigenvalue weighted by molar-refractivity contribution is 14.1. The first-order valence-electron chi connectivity index (χ1n) is 6.10. The van der Waals surface area contributed by atoms with E-state index in [0.29, 0.717) is 0 Å². The Bertz CT molecular complexity index is 314. The Kier molecular flexibility index (Phi) is 5.14. The van der Waals surface area contributed by atoms with E-state index < -0.39 is 0 Å². The number of hydrogen-bond donors (Lipinski definition) is 0. The monoisotopic (exact) mass is 392 g/mol. The Morgan fingerprint density at radius 1 is 1.19 bits per heavy atom. The van der Waals surface area contributed by atoms with Gasteiger partial charge in [0.05, 0.1) is 0 Å². The fourth-order valence-corrected chi connectivity index (χ4v) is 3.82. The van der Waals surface area contributed by atoms with Crippen molar-refractivity contribution in [2.45, 2.75) is 32.1 Å². The first-order valence-corrected chi connectivity index (χ1v) is 8.30. The molecule has 0 bridgehead atoms. The third-order valence-corrected chi connectivity index (χ3v) is 5.23. The van der Waals surface area contributed by atoms with Crippen molar-refractivity contribution >= 4 is 38.5 Å². The molecule has 2 rings (SSSR count). The zero-order valence-corrected chi connectivity index (χ0v) is 13.2. The summed E-state index contributed by atoms with van der Waals surface area (Å²) in [5, 5.41) is 1.16. The predicted octanol–water partition coefficient (Wildman–Crippen LogP) is 5.04. The molecule has 0 aromatic heterocycles. The Balaban J connectivity index is 1.97. The first kappa shape index (κ1) is 12.9. The minimum absolute atomic E-state index is 0.836. The van der Waals surface area contributed by atoms with Crippen molar-refractivity contribution in [1.29, 1.82) is 0 Å². The Labute approximate surface area is 120 Å². The SMILES string of the molecule is BrCC(Cc1ccc(I)cc1)C1CCCC1. The van der Waals surface area contributed by atoms with Gasteiger partial charge in [0.15, 0.2) is 0 Å². The fourth-order valence-electron chi connectivity index (χ4n) is 2.70. The lowest BCUT2D eigenvalue weighted by Gasteiger charge is -2.21. The summed E-state index contributed by atoms with van der Waals surface area (Å²) in [5.74, 6) is 1.79. The average molecular weight is 393 g/mol. The van der Waals surface area contributed by atoms with E-state index in [1.807, 2.05) is 0 Å². The van der Waals surface area contributed by atoms with E-state index in [1.165, 1.54) is 41.2 Å². The molecule has 1 unspecified atom stereocenters. The van der Waals surface area contributed by atoms with Crippen molar-refractivity contribution in [2.75, 3.05) is 5.33 Å². The number of rotatable bonds is 4. The van der Waals surface area contributed by atoms with Crippen LogP contribution in [0, 0.1) is 15.4 Å². The molecule has 1 aliphatic carbocycles. The molecule has 2 heteroatoms. The lowest BCUT2D eigenvalue weighted by molar-refractivity contribution is 0.373. The van der Waals surface area contributed by atoms with Gasteiger partial charge in [-0.2, -0.15) is 0 Å². The van der Waals surface area contributed by atoms with E-state index in [1.54, 1.807) is 0 Å². The molecule has 0 amide bonds. The molecule has 1 aromatic carbocycles. The minimum atomic E-state index is 0.836. The summed E-state index contributed by atoms with van der Waals surface area (Å²) in [6.45, 7) is 0. The maximum Gasteiger partial charge on any atom is 0.0130 e. The molecule has 16 heavy (non-hydrogen) atoms. The summed E-state index contributed by atoms with van der Waals surface area (Å²) in [6, 6.07) is 9.00. The van der Waals surface area contributed by atoms with Gasteiger partial charge in [-0.05, 0) is 58.5 Å². The second-order valence-electron chi connectivity index (χ2n) is 4.79. The van der Waals surface area contributed by atoms with Crippen LogP contribution in [-0.4, -0.2) is 5.33 Å². The zero-order valence-electron chi connectivity index (χ0n) is 9.46. The molecule has 1 saturated carbocycles. The number of hydrogen-bond acceptors (Lipinski definition) is 0. The zero-order chi connectivity index (χ0) is 11.4. The van der Waals surface area contributed by atoms with Gasteiger partial charge in [0.2, 0.25) is 0 Å². The van der Waals surface area contributed by atoms with Gasteiger partial charge in [-0.15, -0.1) is 0 Å². The molecule has 88 valence electrons. The second kappa shape index (κ2) is 6.39. The number of alkyl halides is 1. The number of benzene rings is 1. The van der Waals surface area contributed by atoms with Crippen molar-refractivity contribution in [3.8, 4) is 0 Å². The third kappa shape index (κ3) is 3.46. The van der Waals surface area contributed by atoms with E-state index in [4.69, 9.17) is 0 Å². The van der Waals surface area contributed by atoms with Gasteiger partial charge in [0.1, 0.15) is 0 Å². The summed E-state index contributed by atoms with van der Waals surface area (Å²) >= 11 is 6.06. The maximum atomic E-state index is 3.70. The Morgan fingerprint density at radius 3 is 2.38 bits per heavy atom. The van der Waals surface area contributed by atoms with E-state index in [9.17, 15) is 0 Å². The van der Waals surface area contributed by atoms with Crippen LogP contribution in [0.4, 0.5) is 0 Å². The molecule has 1 fully saturated rings. The van der Waals surface area contributed by atoms with E-state index >= 15 is 0 Å². The highest BCUT2D eigenvalue weighted by Crippen LogP contribution is 2.34. The van der Waals surface area contributed by atoms with Gasteiger partial charge in [-0.25, -0.2) is 0 Å². The van der Waals surface area contributed by atoms with Gasteiger partial charge in [-0.3, -0.25) is 0 Å². The molecule has 0 N–H and O–H groups in total. The van der Waals surface area contributed by atoms with E-state index in [-0.39, 0.29) is 0 Å². The third-order valence-electron chi connectivity index (χ3n) is 3.68. The van der Waals surface area contributed by atoms with Crippen LogP contribution in [0.25, 0.3) is 0 Å². The van der Waals surface area contributed by atoms with Gasteiger partial charge in [-0.1, -0.05) is 53.7 Å². The highest BCUT2D eigenvalue weighted by Gasteiger charge is 2.24. The lowest BCUT2D eigenvalue weighted by atomic mass is 9.87. The van der Waals surface area contributed by atoms with Crippen LogP contribution in [0.3, 0.4) is 0 Å². The van der Waals surface area contributed by atoms with Crippen molar-refractivity contribution in [3.63, 3.8) is 0 Å². The summed E-state index contributed by atoms with van der Waals surface area (Å²) in [7, 11) is 0. The first-order chi connectivity index (χ1) is 7.79. The van der Waals surface area contributed by atoms with Crippen molar-refractivity contribution < 1.29 is 0 Å². The minimum Gasteiger partial charge on any atom is -0.0925 e. The Morgan fingerprint density at radius 2 is 1.81 bits per heavy atom. The van der Waals surface area contributed by atoms with Crippen molar-refractivity contribution in [3.05, 3.63) is 33.4 Å². The quantitative estimate of drug-likeness (QED) is 0.497. The van der Waals surface area contributed by atoms with E-state index in [2.05, 4.69) is 62.8 Å². The molecule has 1 atom stereocenters. The van der Waals surface area contributed by atoms with Crippen molar-refractivity contribution in [1.82, 2.24) is 0 Å². The number of halogens is 2. The van der Waals surface area contributed by atoms with Crippen LogP contribution in [0.15, 0.2) is 24.3 Å². The van der Waals surface area contributed by atoms with Gasteiger partial charge in [0.25, 0.3) is 0 Å². The standard InChI is InChI=1S/C14H18BrI/c15-10-13(12-3-1-2-4-12)9-11-5-7-14(16)8-6-11/h5-8,12-13H,1-4,9-10H2. The van der Waals surface area contributed by atoms with Crippen LogP contribution >= 0.6 is 38.5 Å². The topological polar surface area (TPSA) is 0 Å². The van der Waals surface area contributed by atoms with Gasteiger partial charge >= 0.3 is 0 Å². The summed E-state index contributed by atoms with van der Waals surface area (Å²) < 4.78 is 1.33. The van der Waals surface area contributed by atoms with Crippen LogP contribution < -0.4 is 0 Å². The van der Waals surface area contributed by atoms with Crippen LogP contribution in [0.1, 0.15) is 31.2 Å². The fraction of sp³-hybridized carbons (Fsp3) is 0.571. The predicted molar refractivity (Wildman–Crippen MR) is 82.1 cm³/mol. The highest BCUT2D eigenvalue weighted by atomic mass is 127. The molecule has 0 nitrogen and oxygen atoms in total.